The van der Waals surface area contributed by atoms with Crippen molar-refractivity contribution in [1.82, 2.24) is 0 Å². The average molecular weight is 288 g/mol. The number of aryl methyl sites for hydroxylation is 1. The summed E-state index contributed by atoms with van der Waals surface area (Å²) in [7, 11) is 0. The molecule has 0 saturated heterocycles. The Kier molecular flexibility index (Phi) is 4.67. The molecular weight excluding hydrogens is 268 g/mol. The molecule has 1 heteroatoms. The van der Waals surface area contributed by atoms with Crippen LogP contribution in [0.4, 0.5) is 0 Å². The highest BCUT2D eigenvalue weighted by Crippen LogP contribution is 2.24. The lowest BCUT2D eigenvalue weighted by Gasteiger charge is -2.10. The molecule has 0 atom stereocenters. The van der Waals surface area contributed by atoms with Crippen LogP contribution >= 0.6 is 0 Å². The van der Waals surface area contributed by atoms with Crippen molar-refractivity contribution >= 4 is 0 Å². The van der Waals surface area contributed by atoms with Gasteiger partial charge in [0.1, 0.15) is 0 Å². The summed E-state index contributed by atoms with van der Waals surface area (Å²) in [4.78, 5) is 0. The standard InChI is InChI=1S/C21H20O/c1-17-11-13-18(14-12-17)15-22-16-20-9-5-6-10-21(20)19-7-3-2-4-8-19/h2-14H,15-16H2,1H3. The van der Waals surface area contributed by atoms with Crippen LogP contribution in [-0.2, 0) is 18.0 Å². The lowest BCUT2D eigenvalue weighted by Crippen LogP contribution is -1.96. The summed E-state index contributed by atoms with van der Waals surface area (Å²) in [6.07, 6.45) is 0. The van der Waals surface area contributed by atoms with Gasteiger partial charge in [-0.25, -0.2) is 0 Å². The minimum absolute atomic E-state index is 0.624. The summed E-state index contributed by atoms with van der Waals surface area (Å²) in [5.41, 5.74) is 6.19. The second kappa shape index (κ2) is 7.06. The van der Waals surface area contributed by atoms with Gasteiger partial charge in [0.2, 0.25) is 0 Å². The smallest absolute Gasteiger partial charge is 0.0727 e. The summed E-state index contributed by atoms with van der Waals surface area (Å²) in [5, 5.41) is 0. The largest absolute Gasteiger partial charge is 0.372 e. The molecule has 1 nitrogen and oxygen atoms in total. The van der Waals surface area contributed by atoms with Crippen LogP contribution in [0.1, 0.15) is 16.7 Å². The van der Waals surface area contributed by atoms with E-state index in [0.29, 0.717) is 13.2 Å². The van der Waals surface area contributed by atoms with Crippen LogP contribution in [0.15, 0.2) is 78.9 Å². The van der Waals surface area contributed by atoms with E-state index in [2.05, 4.69) is 79.7 Å². The predicted octanol–water partition coefficient (Wildman–Crippen LogP) is 5.38. The molecule has 3 aromatic carbocycles. The van der Waals surface area contributed by atoms with Gasteiger partial charge in [-0.3, -0.25) is 0 Å². The molecule has 0 unspecified atom stereocenters. The molecule has 0 aliphatic heterocycles. The van der Waals surface area contributed by atoms with Gasteiger partial charge >= 0.3 is 0 Å². The fourth-order valence-electron chi connectivity index (χ4n) is 2.51. The van der Waals surface area contributed by atoms with E-state index in [1.807, 2.05) is 6.07 Å². The van der Waals surface area contributed by atoms with E-state index in [1.165, 1.54) is 27.8 Å². The van der Waals surface area contributed by atoms with Crippen molar-refractivity contribution in [2.45, 2.75) is 20.1 Å². The first-order chi connectivity index (χ1) is 10.8. The van der Waals surface area contributed by atoms with Gasteiger partial charge in [0, 0.05) is 0 Å². The third kappa shape index (κ3) is 3.63. The van der Waals surface area contributed by atoms with Crippen LogP contribution in [-0.4, -0.2) is 0 Å². The first-order valence-electron chi connectivity index (χ1n) is 7.59. The Labute approximate surface area is 132 Å². The van der Waals surface area contributed by atoms with Crippen LogP contribution in [0.5, 0.6) is 0 Å². The molecule has 0 N–H and O–H groups in total. The summed E-state index contributed by atoms with van der Waals surface area (Å²) < 4.78 is 5.91. The molecule has 0 aliphatic rings. The molecular formula is C21H20O. The van der Waals surface area contributed by atoms with Crippen molar-refractivity contribution < 1.29 is 4.74 Å². The second-order valence-corrected chi connectivity index (χ2v) is 5.50. The van der Waals surface area contributed by atoms with Crippen molar-refractivity contribution in [3.63, 3.8) is 0 Å². The van der Waals surface area contributed by atoms with Crippen LogP contribution in [0.2, 0.25) is 0 Å². The summed E-state index contributed by atoms with van der Waals surface area (Å²) in [5.74, 6) is 0. The Morgan fingerprint density at radius 3 is 2.14 bits per heavy atom. The van der Waals surface area contributed by atoms with E-state index in [-0.39, 0.29) is 0 Å². The number of rotatable bonds is 5. The number of benzene rings is 3. The zero-order valence-electron chi connectivity index (χ0n) is 12.8. The highest BCUT2D eigenvalue weighted by Gasteiger charge is 2.04. The van der Waals surface area contributed by atoms with Crippen molar-refractivity contribution in [3.8, 4) is 11.1 Å². The van der Waals surface area contributed by atoms with Crippen LogP contribution in [0.3, 0.4) is 0 Å². The summed E-state index contributed by atoms with van der Waals surface area (Å²) in [6, 6.07) is 27.4. The van der Waals surface area contributed by atoms with Crippen LogP contribution in [0.25, 0.3) is 11.1 Å². The summed E-state index contributed by atoms with van der Waals surface area (Å²) >= 11 is 0. The third-order valence-corrected chi connectivity index (χ3v) is 3.75. The monoisotopic (exact) mass is 288 g/mol. The first-order valence-corrected chi connectivity index (χ1v) is 7.59. The molecule has 0 heterocycles. The van der Waals surface area contributed by atoms with Crippen molar-refractivity contribution in [3.05, 3.63) is 95.6 Å². The van der Waals surface area contributed by atoms with E-state index in [0.717, 1.165) is 0 Å². The van der Waals surface area contributed by atoms with E-state index < -0.39 is 0 Å². The SMILES string of the molecule is Cc1ccc(COCc2ccccc2-c2ccccc2)cc1. The molecule has 0 saturated carbocycles. The van der Waals surface area contributed by atoms with Crippen molar-refractivity contribution in [2.75, 3.05) is 0 Å². The Morgan fingerprint density at radius 1 is 0.682 bits per heavy atom. The maximum atomic E-state index is 5.91. The molecule has 0 amide bonds. The second-order valence-electron chi connectivity index (χ2n) is 5.50. The van der Waals surface area contributed by atoms with Gasteiger partial charge < -0.3 is 4.74 Å². The van der Waals surface area contributed by atoms with Gasteiger partial charge in [-0.2, -0.15) is 0 Å². The quantitative estimate of drug-likeness (QED) is 0.612. The summed E-state index contributed by atoms with van der Waals surface area (Å²) in [6.45, 7) is 3.36. The Morgan fingerprint density at radius 2 is 1.36 bits per heavy atom. The molecule has 3 aromatic rings. The highest BCUT2D eigenvalue weighted by atomic mass is 16.5. The molecule has 0 bridgehead atoms. The first kappa shape index (κ1) is 14.6. The van der Waals surface area contributed by atoms with E-state index in [4.69, 9.17) is 4.74 Å². The van der Waals surface area contributed by atoms with Gasteiger partial charge in [-0.1, -0.05) is 84.4 Å². The molecule has 0 aromatic heterocycles. The van der Waals surface area contributed by atoms with Gasteiger partial charge in [0.05, 0.1) is 13.2 Å². The molecule has 0 fully saturated rings. The third-order valence-electron chi connectivity index (χ3n) is 3.75. The van der Waals surface area contributed by atoms with Gasteiger partial charge in [-0.05, 0) is 29.2 Å². The van der Waals surface area contributed by atoms with E-state index in [9.17, 15) is 0 Å². The van der Waals surface area contributed by atoms with E-state index in [1.54, 1.807) is 0 Å². The topological polar surface area (TPSA) is 9.23 Å². The normalized spacial score (nSPS) is 10.6. The fraction of sp³-hybridized carbons (Fsp3) is 0.143. The minimum atomic E-state index is 0.624. The fourth-order valence-corrected chi connectivity index (χ4v) is 2.51. The van der Waals surface area contributed by atoms with Crippen molar-refractivity contribution in [1.29, 1.82) is 0 Å². The molecule has 110 valence electrons. The molecule has 22 heavy (non-hydrogen) atoms. The minimum Gasteiger partial charge on any atom is -0.372 e. The average Bonchev–Trinajstić information content (AvgIpc) is 2.58. The lowest BCUT2D eigenvalue weighted by atomic mass is 10.0. The molecule has 3 rings (SSSR count). The zero-order chi connectivity index (χ0) is 15.2. The van der Waals surface area contributed by atoms with Crippen LogP contribution in [0, 0.1) is 6.92 Å². The Hall–Kier alpha value is -2.38. The van der Waals surface area contributed by atoms with Gasteiger partial charge in [0.15, 0.2) is 0 Å². The van der Waals surface area contributed by atoms with Crippen molar-refractivity contribution in [2.24, 2.45) is 0 Å². The van der Waals surface area contributed by atoms with Gasteiger partial charge in [0.25, 0.3) is 0 Å². The Balaban J connectivity index is 1.69. The van der Waals surface area contributed by atoms with Crippen LogP contribution < -0.4 is 0 Å². The molecule has 0 spiro atoms. The maximum Gasteiger partial charge on any atom is 0.0727 e. The molecule has 0 aliphatic carbocycles. The maximum absolute atomic E-state index is 5.91. The van der Waals surface area contributed by atoms with E-state index >= 15 is 0 Å². The predicted molar refractivity (Wildman–Crippen MR) is 91.6 cm³/mol. The van der Waals surface area contributed by atoms with Gasteiger partial charge in [-0.15, -0.1) is 0 Å². The molecule has 0 radical (unpaired) electrons. The zero-order valence-corrected chi connectivity index (χ0v) is 12.8. The number of hydrogen-bond donors (Lipinski definition) is 0. The highest BCUT2D eigenvalue weighted by molar-refractivity contribution is 5.67. The number of ether oxygens (including phenoxy) is 1. The number of hydrogen-bond acceptors (Lipinski definition) is 1. The lowest BCUT2D eigenvalue weighted by molar-refractivity contribution is 0.107. The Bertz CT molecular complexity index is 714.